The summed E-state index contributed by atoms with van der Waals surface area (Å²) in [6.45, 7) is 4.29. The minimum Gasteiger partial charge on any atom is -0.378 e. The quantitative estimate of drug-likeness (QED) is 0.723. The molecule has 2 heterocycles. The second-order valence-electron chi connectivity index (χ2n) is 5.26. The number of nitrogens with one attached hydrogen (secondary N) is 1. The van der Waals surface area contributed by atoms with Gasteiger partial charge in [0.25, 0.3) is 0 Å². The maximum absolute atomic E-state index is 5.70. The van der Waals surface area contributed by atoms with E-state index in [0.717, 1.165) is 13.2 Å². The van der Waals surface area contributed by atoms with E-state index in [1.807, 2.05) is 0 Å². The average Bonchev–Trinajstić information content (AvgIpc) is 3.05. The standard InChI is InChI=1S/C15H24BrNOS/c1-2-8-17-14(12-10-15(16)19-11-12)7-3-5-13-6-4-9-18-13/h10-11,13-14,17H,2-9H2,1H3. The van der Waals surface area contributed by atoms with Crippen LogP contribution in [0, 0.1) is 0 Å². The fourth-order valence-corrected chi connectivity index (χ4v) is 3.86. The third-order valence-electron chi connectivity index (χ3n) is 3.67. The van der Waals surface area contributed by atoms with Crippen molar-refractivity contribution in [1.82, 2.24) is 5.32 Å². The van der Waals surface area contributed by atoms with Crippen LogP contribution >= 0.6 is 27.3 Å². The van der Waals surface area contributed by atoms with E-state index in [0.29, 0.717) is 12.1 Å². The summed E-state index contributed by atoms with van der Waals surface area (Å²) in [4.78, 5) is 0. The second kappa shape index (κ2) is 8.40. The molecule has 1 aromatic rings. The van der Waals surface area contributed by atoms with Gasteiger partial charge < -0.3 is 10.1 Å². The van der Waals surface area contributed by atoms with E-state index in [1.54, 1.807) is 11.3 Å². The molecule has 0 radical (unpaired) electrons. The lowest BCUT2D eigenvalue weighted by molar-refractivity contribution is 0.101. The summed E-state index contributed by atoms with van der Waals surface area (Å²) >= 11 is 5.34. The molecule has 2 atom stereocenters. The van der Waals surface area contributed by atoms with Crippen molar-refractivity contribution in [2.24, 2.45) is 0 Å². The maximum Gasteiger partial charge on any atom is 0.0701 e. The summed E-state index contributed by atoms with van der Waals surface area (Å²) in [5.74, 6) is 0. The van der Waals surface area contributed by atoms with Gasteiger partial charge in [0.05, 0.1) is 9.89 Å². The normalized spacial score (nSPS) is 20.8. The lowest BCUT2D eigenvalue weighted by Crippen LogP contribution is -2.22. The zero-order valence-electron chi connectivity index (χ0n) is 11.7. The molecule has 0 bridgehead atoms. The van der Waals surface area contributed by atoms with Crippen LogP contribution in [-0.2, 0) is 4.74 Å². The molecule has 1 fully saturated rings. The lowest BCUT2D eigenvalue weighted by atomic mass is 10.0. The van der Waals surface area contributed by atoms with E-state index in [2.05, 4.69) is 39.6 Å². The number of hydrogen-bond donors (Lipinski definition) is 1. The number of hydrogen-bond acceptors (Lipinski definition) is 3. The Bertz CT molecular complexity index is 363. The van der Waals surface area contributed by atoms with Crippen LogP contribution in [0.15, 0.2) is 15.2 Å². The summed E-state index contributed by atoms with van der Waals surface area (Å²) in [6, 6.07) is 2.76. The molecule has 1 saturated heterocycles. The number of thiophene rings is 1. The highest BCUT2D eigenvalue weighted by Crippen LogP contribution is 2.29. The topological polar surface area (TPSA) is 21.3 Å². The molecule has 0 amide bonds. The predicted octanol–water partition coefficient (Wildman–Crippen LogP) is 4.90. The largest absolute Gasteiger partial charge is 0.378 e. The van der Waals surface area contributed by atoms with Crippen LogP contribution in [0.25, 0.3) is 0 Å². The van der Waals surface area contributed by atoms with Gasteiger partial charge in [0, 0.05) is 12.6 Å². The van der Waals surface area contributed by atoms with E-state index in [-0.39, 0.29) is 0 Å². The smallest absolute Gasteiger partial charge is 0.0701 e. The van der Waals surface area contributed by atoms with E-state index >= 15 is 0 Å². The van der Waals surface area contributed by atoms with Crippen molar-refractivity contribution in [3.8, 4) is 0 Å². The molecule has 1 aliphatic rings. The Balaban J connectivity index is 1.79. The number of ether oxygens (including phenoxy) is 1. The van der Waals surface area contributed by atoms with Crippen LogP contribution in [0.2, 0.25) is 0 Å². The molecular weight excluding hydrogens is 322 g/mol. The van der Waals surface area contributed by atoms with Gasteiger partial charge in [0.15, 0.2) is 0 Å². The predicted molar refractivity (Wildman–Crippen MR) is 85.9 cm³/mol. The van der Waals surface area contributed by atoms with Crippen molar-refractivity contribution in [2.75, 3.05) is 13.2 Å². The highest BCUT2D eigenvalue weighted by atomic mass is 79.9. The van der Waals surface area contributed by atoms with E-state index in [9.17, 15) is 0 Å². The third kappa shape index (κ3) is 5.18. The second-order valence-corrected chi connectivity index (χ2v) is 7.55. The van der Waals surface area contributed by atoms with Crippen molar-refractivity contribution in [3.05, 3.63) is 20.8 Å². The molecule has 2 rings (SSSR count). The SMILES string of the molecule is CCCNC(CCCC1CCCO1)c1csc(Br)c1. The zero-order valence-corrected chi connectivity index (χ0v) is 14.1. The van der Waals surface area contributed by atoms with E-state index in [4.69, 9.17) is 4.74 Å². The molecule has 1 aromatic heterocycles. The van der Waals surface area contributed by atoms with Crippen LogP contribution in [0.5, 0.6) is 0 Å². The Morgan fingerprint density at radius 2 is 2.47 bits per heavy atom. The molecule has 108 valence electrons. The summed E-state index contributed by atoms with van der Waals surface area (Å²) in [7, 11) is 0. The summed E-state index contributed by atoms with van der Waals surface area (Å²) in [5.41, 5.74) is 1.43. The molecule has 2 nitrogen and oxygen atoms in total. The van der Waals surface area contributed by atoms with E-state index in [1.165, 1.54) is 47.9 Å². The first-order chi connectivity index (χ1) is 9.29. The van der Waals surface area contributed by atoms with E-state index < -0.39 is 0 Å². The Morgan fingerprint density at radius 1 is 1.58 bits per heavy atom. The van der Waals surface area contributed by atoms with Gasteiger partial charge in [-0.15, -0.1) is 11.3 Å². The van der Waals surface area contributed by atoms with Gasteiger partial charge in [0.1, 0.15) is 0 Å². The maximum atomic E-state index is 5.70. The fourth-order valence-electron chi connectivity index (χ4n) is 2.63. The van der Waals surface area contributed by atoms with Crippen LogP contribution in [0.3, 0.4) is 0 Å². The molecule has 0 aromatic carbocycles. The van der Waals surface area contributed by atoms with Crippen LogP contribution in [-0.4, -0.2) is 19.3 Å². The van der Waals surface area contributed by atoms with Gasteiger partial charge in [-0.1, -0.05) is 6.92 Å². The Hall–Kier alpha value is 0.100. The monoisotopic (exact) mass is 345 g/mol. The third-order valence-corrected chi connectivity index (χ3v) is 5.20. The van der Waals surface area contributed by atoms with Gasteiger partial charge >= 0.3 is 0 Å². The molecule has 0 aliphatic carbocycles. The Kier molecular flexibility index (Phi) is 6.85. The molecular formula is C15H24BrNOS. The van der Waals surface area contributed by atoms with Crippen LogP contribution < -0.4 is 5.32 Å². The molecule has 1 N–H and O–H groups in total. The number of rotatable bonds is 8. The first-order valence-corrected chi connectivity index (χ1v) is 9.05. The average molecular weight is 346 g/mol. The summed E-state index contributed by atoms with van der Waals surface area (Å²) in [5, 5.41) is 5.94. The molecule has 4 heteroatoms. The first kappa shape index (κ1) is 15.5. The Labute approximate surface area is 129 Å². The van der Waals surface area contributed by atoms with Gasteiger partial charge in [-0.05, 0) is 78.0 Å². The highest BCUT2D eigenvalue weighted by Gasteiger charge is 2.17. The molecule has 1 aliphatic heterocycles. The van der Waals surface area contributed by atoms with Crippen LogP contribution in [0.1, 0.15) is 57.1 Å². The van der Waals surface area contributed by atoms with Crippen molar-refractivity contribution < 1.29 is 4.74 Å². The van der Waals surface area contributed by atoms with Crippen molar-refractivity contribution in [2.45, 2.75) is 57.6 Å². The highest BCUT2D eigenvalue weighted by molar-refractivity contribution is 9.11. The van der Waals surface area contributed by atoms with Crippen LogP contribution in [0.4, 0.5) is 0 Å². The van der Waals surface area contributed by atoms with Gasteiger partial charge in [-0.2, -0.15) is 0 Å². The fraction of sp³-hybridized carbons (Fsp3) is 0.733. The zero-order chi connectivity index (χ0) is 13.5. The first-order valence-electron chi connectivity index (χ1n) is 7.38. The van der Waals surface area contributed by atoms with Gasteiger partial charge in [0.2, 0.25) is 0 Å². The number of halogens is 1. The molecule has 2 unspecified atom stereocenters. The van der Waals surface area contributed by atoms with Crippen molar-refractivity contribution in [1.29, 1.82) is 0 Å². The van der Waals surface area contributed by atoms with Crippen molar-refractivity contribution in [3.63, 3.8) is 0 Å². The molecule has 0 saturated carbocycles. The summed E-state index contributed by atoms with van der Waals surface area (Å²) in [6.07, 6.45) is 7.91. The minimum absolute atomic E-state index is 0.504. The molecule has 19 heavy (non-hydrogen) atoms. The summed E-state index contributed by atoms with van der Waals surface area (Å²) < 4.78 is 6.93. The van der Waals surface area contributed by atoms with Gasteiger partial charge in [-0.25, -0.2) is 0 Å². The Morgan fingerprint density at radius 3 is 3.11 bits per heavy atom. The lowest BCUT2D eigenvalue weighted by Gasteiger charge is -2.18. The van der Waals surface area contributed by atoms with Gasteiger partial charge in [-0.3, -0.25) is 0 Å². The molecule has 0 spiro atoms. The minimum atomic E-state index is 0.504. The van der Waals surface area contributed by atoms with Crippen molar-refractivity contribution >= 4 is 27.3 Å².